The molecule has 0 bridgehead atoms. The van der Waals surface area contributed by atoms with Crippen molar-refractivity contribution in [1.82, 2.24) is 29.7 Å². The smallest absolute Gasteiger partial charge is 0.248 e. The number of hydrogen-bond donors (Lipinski definition) is 2. The highest BCUT2D eigenvalue weighted by atomic mass is 19.3. The van der Waals surface area contributed by atoms with Gasteiger partial charge in [-0.3, -0.25) is 9.59 Å². The first-order valence-electron chi connectivity index (χ1n) is 20.2. The van der Waals surface area contributed by atoms with Gasteiger partial charge in [-0.15, -0.1) is 0 Å². The van der Waals surface area contributed by atoms with Crippen LogP contribution >= 0.6 is 0 Å². The third-order valence-corrected chi connectivity index (χ3v) is 13.2. The number of H-pyrrole nitrogens is 2. The Morgan fingerprint density at radius 2 is 0.875 bits per heavy atom. The van der Waals surface area contributed by atoms with E-state index in [1.54, 1.807) is 12.4 Å². The van der Waals surface area contributed by atoms with Crippen LogP contribution in [0.25, 0.3) is 33.6 Å². The molecule has 2 saturated carbocycles. The van der Waals surface area contributed by atoms with Crippen LogP contribution in [0.1, 0.15) is 116 Å². The molecule has 4 aromatic rings. The van der Waals surface area contributed by atoms with Crippen LogP contribution in [-0.4, -0.2) is 66.5 Å². The van der Waals surface area contributed by atoms with Gasteiger partial charge in [-0.25, -0.2) is 27.5 Å². The van der Waals surface area contributed by atoms with Crippen LogP contribution in [0.2, 0.25) is 0 Å². The van der Waals surface area contributed by atoms with Gasteiger partial charge in [-0.05, 0) is 71.6 Å². The highest BCUT2D eigenvalue weighted by Gasteiger charge is 2.49. The number of imidazole rings is 2. The Hall–Kier alpha value is -4.48. The molecule has 4 fully saturated rings. The number of aromatic nitrogens is 4. The molecule has 2 atom stereocenters. The zero-order valence-corrected chi connectivity index (χ0v) is 32.7. The first kappa shape index (κ1) is 38.4. The molecule has 8 rings (SSSR count). The molecule has 56 heavy (non-hydrogen) atoms. The number of aromatic amines is 2. The van der Waals surface area contributed by atoms with E-state index >= 15 is 0 Å². The van der Waals surface area contributed by atoms with Crippen LogP contribution in [0.4, 0.5) is 17.6 Å². The quantitative estimate of drug-likeness (QED) is 0.183. The van der Waals surface area contributed by atoms with Crippen molar-refractivity contribution in [3.05, 3.63) is 72.6 Å². The van der Waals surface area contributed by atoms with E-state index in [9.17, 15) is 27.2 Å². The van der Waals surface area contributed by atoms with Crippen LogP contribution in [0.5, 0.6) is 0 Å². The minimum atomic E-state index is -2.68. The summed E-state index contributed by atoms with van der Waals surface area (Å²) in [6, 6.07) is 15.9. The van der Waals surface area contributed by atoms with Gasteiger partial charge in [0.25, 0.3) is 0 Å². The summed E-state index contributed by atoms with van der Waals surface area (Å²) in [6.45, 7) is 9.70. The van der Waals surface area contributed by atoms with E-state index < -0.39 is 11.8 Å². The molecule has 2 aromatic heterocycles. The van der Waals surface area contributed by atoms with Crippen molar-refractivity contribution in [2.75, 3.05) is 13.1 Å². The molecule has 0 radical (unpaired) electrons. The Morgan fingerprint density at radius 3 is 1.21 bits per heavy atom. The molecule has 4 aliphatic rings. The number of benzene rings is 2. The summed E-state index contributed by atoms with van der Waals surface area (Å²) in [5, 5.41) is 0. The number of nitrogens with one attached hydrogen (secondary N) is 2. The lowest BCUT2D eigenvalue weighted by atomic mass is 9.83. The molecule has 12 heteroatoms. The van der Waals surface area contributed by atoms with Gasteiger partial charge in [0, 0.05) is 50.6 Å². The van der Waals surface area contributed by atoms with E-state index in [-0.39, 0.29) is 97.9 Å². The van der Waals surface area contributed by atoms with Crippen molar-refractivity contribution in [1.29, 1.82) is 0 Å². The van der Waals surface area contributed by atoms with Crippen LogP contribution in [0.15, 0.2) is 60.9 Å². The van der Waals surface area contributed by atoms with Crippen molar-refractivity contribution in [2.24, 2.45) is 22.7 Å². The van der Waals surface area contributed by atoms with Crippen LogP contribution in [-0.2, 0) is 9.59 Å². The molecule has 2 aliphatic carbocycles. The maximum atomic E-state index is 13.8. The Kier molecular flexibility index (Phi) is 9.71. The van der Waals surface area contributed by atoms with E-state index in [1.807, 2.05) is 34.1 Å². The summed E-state index contributed by atoms with van der Waals surface area (Å²) in [6.07, 6.45) is 5.15. The largest absolute Gasteiger partial charge is 0.340 e. The average Bonchev–Trinajstić information content (AvgIpc) is 3.96. The van der Waals surface area contributed by atoms with Crippen LogP contribution < -0.4 is 0 Å². The maximum absolute atomic E-state index is 13.8. The van der Waals surface area contributed by atoms with Crippen molar-refractivity contribution < 1.29 is 27.2 Å². The van der Waals surface area contributed by atoms with Crippen molar-refractivity contribution in [3.8, 4) is 33.6 Å². The molecular weight excluding hydrogens is 721 g/mol. The molecular formula is C44H52F4N6O2. The van der Waals surface area contributed by atoms with Crippen molar-refractivity contribution in [3.63, 3.8) is 0 Å². The van der Waals surface area contributed by atoms with E-state index in [4.69, 9.17) is 9.97 Å². The monoisotopic (exact) mass is 772 g/mol. The third-order valence-electron chi connectivity index (χ3n) is 13.2. The van der Waals surface area contributed by atoms with Gasteiger partial charge in [0.05, 0.1) is 35.9 Å². The number of rotatable bonds is 7. The summed E-state index contributed by atoms with van der Waals surface area (Å²) in [4.78, 5) is 47.4. The summed E-state index contributed by atoms with van der Waals surface area (Å²) >= 11 is 0. The number of amides is 2. The lowest BCUT2D eigenvalue weighted by Crippen LogP contribution is -2.41. The van der Waals surface area contributed by atoms with Gasteiger partial charge in [0.2, 0.25) is 23.7 Å². The third kappa shape index (κ3) is 7.40. The topological polar surface area (TPSA) is 98.0 Å². The minimum Gasteiger partial charge on any atom is -0.340 e. The van der Waals surface area contributed by atoms with Gasteiger partial charge in [-0.2, -0.15) is 0 Å². The summed E-state index contributed by atoms with van der Waals surface area (Å²) in [7, 11) is 0. The predicted molar refractivity (Wildman–Crippen MR) is 207 cm³/mol. The lowest BCUT2D eigenvalue weighted by Gasteiger charge is -2.35. The van der Waals surface area contributed by atoms with Gasteiger partial charge in [0.15, 0.2) is 0 Å². The number of alkyl halides is 4. The lowest BCUT2D eigenvalue weighted by molar-refractivity contribution is -0.142. The first-order valence-corrected chi connectivity index (χ1v) is 20.2. The fourth-order valence-electron chi connectivity index (χ4n) is 9.68. The van der Waals surface area contributed by atoms with Gasteiger partial charge in [-0.1, -0.05) is 76.2 Å². The van der Waals surface area contributed by atoms with Crippen LogP contribution in [0, 0.1) is 22.7 Å². The zero-order chi connectivity index (χ0) is 39.6. The number of halogens is 4. The summed E-state index contributed by atoms with van der Waals surface area (Å²) < 4.78 is 55.3. The second kappa shape index (κ2) is 14.2. The van der Waals surface area contributed by atoms with E-state index in [0.717, 1.165) is 46.5 Å². The predicted octanol–water partition coefficient (Wildman–Crippen LogP) is 10.4. The summed E-state index contributed by atoms with van der Waals surface area (Å²) in [5.74, 6) is -4.75. The molecule has 298 valence electrons. The normalized spacial score (nSPS) is 24.8. The SMILES string of the molecule is CC1(C)CCN(C(=O)C2CCC(F)(F)CC2)C1c1ncc(-c2ccc(-c3ccc(-c4cnc([C@@H]5N(C(=O)C6CCC(F)(F)CC6)CCC5(C)C)[nH]4)cc3)cc2)[nH]1. The standard InChI is InChI=1S/C44H52F4N6O2/c1-41(2)21-23-53(39(55)31-13-17-43(45,46)18-14-31)35(41)37-49-25-33(51-37)29-9-5-27(6-10-29)28-7-11-30(12-8-28)34-26-50-38(52-34)36-42(3,4)22-24-54(36)40(56)32-15-19-44(47,48)20-16-32/h5-12,25-26,31-32,35-36H,13-24H2,1-4H3,(H,49,51)(H,50,52)/t35-,36?/m0/s1. The molecule has 2 N–H and O–H groups in total. The molecule has 2 aliphatic heterocycles. The number of nitrogens with zero attached hydrogens (tertiary/aromatic N) is 4. The maximum Gasteiger partial charge on any atom is 0.248 e. The highest BCUT2D eigenvalue weighted by molar-refractivity contribution is 5.81. The van der Waals surface area contributed by atoms with E-state index in [1.165, 1.54) is 0 Å². The highest BCUT2D eigenvalue weighted by Crippen LogP contribution is 2.49. The van der Waals surface area contributed by atoms with Gasteiger partial charge >= 0.3 is 0 Å². The summed E-state index contributed by atoms with van der Waals surface area (Å²) in [5.41, 5.74) is 5.25. The number of likely N-dealkylation sites (tertiary alicyclic amines) is 2. The number of hydrogen-bond acceptors (Lipinski definition) is 4. The van der Waals surface area contributed by atoms with Gasteiger partial charge in [0.1, 0.15) is 11.6 Å². The van der Waals surface area contributed by atoms with Crippen LogP contribution in [0.3, 0.4) is 0 Å². The fourth-order valence-corrected chi connectivity index (χ4v) is 9.68. The Bertz CT molecular complexity index is 1900. The molecule has 2 aromatic carbocycles. The molecule has 2 saturated heterocycles. The van der Waals surface area contributed by atoms with E-state index in [0.29, 0.717) is 24.7 Å². The number of carbonyl (C=O) groups is 2. The fraction of sp³-hybridized carbons (Fsp3) is 0.545. The molecule has 4 heterocycles. The molecule has 2 amide bonds. The first-order chi connectivity index (χ1) is 26.5. The van der Waals surface area contributed by atoms with Crippen molar-refractivity contribution in [2.45, 2.75) is 116 Å². The second-order valence-electron chi connectivity index (χ2n) is 18.1. The molecule has 1 unspecified atom stereocenters. The Morgan fingerprint density at radius 1 is 0.554 bits per heavy atom. The Balaban J connectivity index is 0.938. The number of carbonyl (C=O) groups excluding carboxylic acids is 2. The minimum absolute atomic E-state index is 0.0401. The molecule has 8 nitrogen and oxygen atoms in total. The van der Waals surface area contributed by atoms with Crippen molar-refractivity contribution >= 4 is 11.8 Å². The second-order valence-corrected chi connectivity index (χ2v) is 18.1. The Labute approximate surface area is 325 Å². The average molecular weight is 773 g/mol. The zero-order valence-electron chi connectivity index (χ0n) is 32.7. The van der Waals surface area contributed by atoms with Gasteiger partial charge < -0.3 is 19.8 Å². The van der Waals surface area contributed by atoms with E-state index in [2.05, 4.69) is 61.9 Å². The molecule has 0 spiro atoms.